The van der Waals surface area contributed by atoms with Gasteiger partial charge in [0.2, 0.25) is 0 Å². The second-order valence-corrected chi connectivity index (χ2v) is 3.92. The van der Waals surface area contributed by atoms with Crippen LogP contribution in [0.25, 0.3) is 0 Å². The van der Waals surface area contributed by atoms with Gasteiger partial charge in [-0.15, -0.1) is 0 Å². The van der Waals surface area contributed by atoms with Crippen LogP contribution in [0.3, 0.4) is 0 Å². The van der Waals surface area contributed by atoms with Crippen molar-refractivity contribution in [3.63, 3.8) is 0 Å². The lowest BCUT2D eigenvalue weighted by Gasteiger charge is -2.06. The van der Waals surface area contributed by atoms with Gasteiger partial charge in [0.25, 0.3) is 0 Å². The summed E-state index contributed by atoms with van der Waals surface area (Å²) in [5.74, 6) is -0.979. The molecule has 0 fully saturated rings. The summed E-state index contributed by atoms with van der Waals surface area (Å²) in [5, 5.41) is 3.98. The number of carbonyl (C=O) groups excluding carboxylic acids is 1. The number of ketones is 1. The zero-order valence-corrected chi connectivity index (χ0v) is 10.4. The van der Waals surface area contributed by atoms with Gasteiger partial charge in [-0.1, -0.05) is 6.07 Å². The maximum absolute atomic E-state index is 14.0. The van der Waals surface area contributed by atoms with E-state index in [0.29, 0.717) is 11.3 Å². The van der Waals surface area contributed by atoms with Gasteiger partial charge in [-0.2, -0.15) is 5.10 Å². The molecule has 0 saturated carbocycles. The lowest BCUT2D eigenvalue weighted by atomic mass is 10.0. The van der Waals surface area contributed by atoms with Crippen molar-refractivity contribution >= 4 is 5.78 Å². The maximum atomic E-state index is 14.0. The highest BCUT2D eigenvalue weighted by Gasteiger charge is 2.20. The fourth-order valence-electron chi connectivity index (χ4n) is 1.71. The highest BCUT2D eigenvalue weighted by atomic mass is 19.1. The summed E-state index contributed by atoms with van der Waals surface area (Å²) in [7, 11) is 3.09. The van der Waals surface area contributed by atoms with Gasteiger partial charge in [-0.3, -0.25) is 9.48 Å². The molecule has 0 spiro atoms. The molecule has 2 rings (SSSR count). The number of ether oxygens (including phenoxy) is 1. The first-order chi connectivity index (χ1) is 8.56. The number of halogens is 1. The van der Waals surface area contributed by atoms with Gasteiger partial charge in [-0.25, -0.2) is 4.39 Å². The normalized spacial score (nSPS) is 10.4. The Labute approximate surface area is 104 Å². The summed E-state index contributed by atoms with van der Waals surface area (Å²) in [4.78, 5) is 12.2. The summed E-state index contributed by atoms with van der Waals surface area (Å²) >= 11 is 0. The molecule has 0 aliphatic rings. The van der Waals surface area contributed by atoms with Gasteiger partial charge in [-0.05, 0) is 19.1 Å². The molecule has 94 valence electrons. The van der Waals surface area contributed by atoms with Crippen LogP contribution >= 0.6 is 0 Å². The van der Waals surface area contributed by atoms with Crippen LogP contribution in [0, 0.1) is 12.7 Å². The predicted molar refractivity (Wildman–Crippen MR) is 64.3 cm³/mol. The Morgan fingerprint density at radius 3 is 2.67 bits per heavy atom. The van der Waals surface area contributed by atoms with Crippen molar-refractivity contribution in [3.05, 3.63) is 47.0 Å². The van der Waals surface area contributed by atoms with Gasteiger partial charge in [0.15, 0.2) is 17.3 Å². The average Bonchev–Trinajstić information content (AvgIpc) is 2.70. The van der Waals surface area contributed by atoms with Gasteiger partial charge in [0, 0.05) is 12.7 Å². The van der Waals surface area contributed by atoms with Crippen molar-refractivity contribution < 1.29 is 13.9 Å². The lowest BCUT2D eigenvalue weighted by Crippen LogP contribution is -2.07. The molecule has 0 atom stereocenters. The Hall–Kier alpha value is -2.17. The molecule has 2 aromatic rings. The minimum Gasteiger partial charge on any atom is -0.494 e. The number of methoxy groups -OCH3 is 1. The molecule has 0 unspecified atom stereocenters. The zero-order valence-electron chi connectivity index (χ0n) is 10.4. The second-order valence-electron chi connectivity index (χ2n) is 3.92. The average molecular weight is 248 g/mol. The van der Waals surface area contributed by atoms with Crippen LogP contribution in [0.4, 0.5) is 4.39 Å². The predicted octanol–water partition coefficient (Wildman–Crippen LogP) is 2.11. The lowest BCUT2D eigenvalue weighted by molar-refractivity contribution is 0.103. The van der Waals surface area contributed by atoms with Crippen LogP contribution in [-0.4, -0.2) is 22.7 Å². The zero-order chi connectivity index (χ0) is 13.3. The Morgan fingerprint density at radius 1 is 1.39 bits per heavy atom. The standard InChI is InChI=1S/C13H13FN2O2/c1-8-10(7-15-16(8)2)13(17)9-5-4-6-11(18-3)12(9)14/h4-7H,1-3H3. The van der Waals surface area contributed by atoms with Gasteiger partial charge in [0.1, 0.15) is 0 Å². The van der Waals surface area contributed by atoms with Crippen molar-refractivity contribution in [2.75, 3.05) is 7.11 Å². The molecular weight excluding hydrogens is 235 g/mol. The van der Waals surface area contributed by atoms with Crippen LogP contribution in [0.2, 0.25) is 0 Å². The third-order valence-electron chi connectivity index (χ3n) is 2.91. The summed E-state index contributed by atoms with van der Waals surface area (Å²) in [6.45, 7) is 1.76. The molecule has 0 N–H and O–H groups in total. The molecule has 18 heavy (non-hydrogen) atoms. The third-order valence-corrected chi connectivity index (χ3v) is 2.91. The number of aryl methyl sites for hydroxylation is 1. The van der Waals surface area contributed by atoms with E-state index in [-0.39, 0.29) is 11.3 Å². The first-order valence-corrected chi connectivity index (χ1v) is 5.42. The first kappa shape index (κ1) is 12.3. The number of hydrogen-bond acceptors (Lipinski definition) is 3. The van der Waals surface area contributed by atoms with Crippen LogP contribution in [0.15, 0.2) is 24.4 Å². The van der Waals surface area contributed by atoms with E-state index in [0.717, 1.165) is 0 Å². The SMILES string of the molecule is COc1cccc(C(=O)c2cnn(C)c2C)c1F. The fraction of sp³-hybridized carbons (Fsp3) is 0.231. The van der Waals surface area contributed by atoms with Gasteiger partial charge < -0.3 is 4.74 Å². The van der Waals surface area contributed by atoms with Gasteiger partial charge >= 0.3 is 0 Å². The van der Waals surface area contributed by atoms with Gasteiger partial charge in [0.05, 0.1) is 24.4 Å². The summed E-state index contributed by atoms with van der Waals surface area (Å²) in [6, 6.07) is 4.50. The number of nitrogens with zero attached hydrogens (tertiary/aromatic N) is 2. The number of rotatable bonds is 3. The Bertz CT molecular complexity index is 605. The third kappa shape index (κ3) is 1.88. The van der Waals surface area contributed by atoms with Crippen LogP contribution in [0.1, 0.15) is 21.6 Å². The molecule has 0 aliphatic heterocycles. The summed E-state index contributed by atoms with van der Waals surface area (Å²) in [6.07, 6.45) is 1.44. The molecular formula is C13H13FN2O2. The summed E-state index contributed by atoms with van der Waals surface area (Å²) < 4.78 is 20.4. The minimum atomic E-state index is -0.645. The van der Waals surface area contributed by atoms with E-state index in [1.54, 1.807) is 24.7 Å². The Kier molecular flexibility index (Phi) is 3.14. The second kappa shape index (κ2) is 4.60. The topological polar surface area (TPSA) is 44.1 Å². The van der Waals surface area contributed by atoms with E-state index in [2.05, 4.69) is 5.10 Å². The molecule has 0 aliphatic carbocycles. The molecule has 1 aromatic heterocycles. The highest BCUT2D eigenvalue weighted by molar-refractivity contribution is 6.09. The van der Waals surface area contributed by atoms with Crippen molar-refractivity contribution in [1.29, 1.82) is 0 Å². The first-order valence-electron chi connectivity index (χ1n) is 5.42. The highest BCUT2D eigenvalue weighted by Crippen LogP contribution is 2.23. The molecule has 5 heteroatoms. The molecule has 1 aromatic carbocycles. The minimum absolute atomic E-state index is 0.00884. The quantitative estimate of drug-likeness (QED) is 0.781. The summed E-state index contributed by atoms with van der Waals surface area (Å²) in [5.41, 5.74) is 1.08. The smallest absolute Gasteiger partial charge is 0.199 e. The molecule has 4 nitrogen and oxygen atoms in total. The monoisotopic (exact) mass is 248 g/mol. The largest absolute Gasteiger partial charge is 0.494 e. The van der Waals surface area contributed by atoms with E-state index in [4.69, 9.17) is 4.74 Å². The van der Waals surface area contributed by atoms with Crippen molar-refractivity contribution in [1.82, 2.24) is 9.78 Å². The van der Waals surface area contributed by atoms with E-state index in [9.17, 15) is 9.18 Å². The molecule has 1 heterocycles. The number of carbonyl (C=O) groups is 1. The Balaban J connectivity index is 2.50. The number of hydrogen-bond donors (Lipinski definition) is 0. The maximum Gasteiger partial charge on any atom is 0.199 e. The van der Waals surface area contributed by atoms with Crippen molar-refractivity contribution in [2.24, 2.45) is 7.05 Å². The molecule has 0 bridgehead atoms. The Morgan fingerprint density at radius 2 is 2.11 bits per heavy atom. The number of benzene rings is 1. The molecule has 0 amide bonds. The van der Waals surface area contributed by atoms with Crippen molar-refractivity contribution in [2.45, 2.75) is 6.92 Å². The van der Waals surface area contributed by atoms with Crippen LogP contribution in [0.5, 0.6) is 5.75 Å². The number of aromatic nitrogens is 2. The fourth-order valence-corrected chi connectivity index (χ4v) is 1.71. The van der Waals surface area contributed by atoms with E-state index in [1.165, 1.54) is 25.4 Å². The van der Waals surface area contributed by atoms with E-state index >= 15 is 0 Å². The molecule has 0 saturated heterocycles. The van der Waals surface area contributed by atoms with E-state index < -0.39 is 11.6 Å². The molecule has 0 radical (unpaired) electrons. The van der Waals surface area contributed by atoms with Crippen LogP contribution < -0.4 is 4.74 Å². The van der Waals surface area contributed by atoms with Crippen molar-refractivity contribution in [3.8, 4) is 5.75 Å². The van der Waals surface area contributed by atoms with E-state index in [1.807, 2.05) is 0 Å². The van der Waals surface area contributed by atoms with Crippen LogP contribution in [-0.2, 0) is 7.05 Å².